The van der Waals surface area contributed by atoms with Crippen molar-refractivity contribution in [1.82, 2.24) is 15.7 Å². The second-order valence-electron chi connectivity index (χ2n) is 11.1. The molecular formula is C31H42N4O4. The number of likely N-dealkylation sites (tertiary alicyclic amines) is 1. The summed E-state index contributed by atoms with van der Waals surface area (Å²) in [7, 11) is 0. The van der Waals surface area contributed by atoms with Gasteiger partial charge in [0, 0.05) is 35.3 Å². The van der Waals surface area contributed by atoms with Crippen LogP contribution in [0.1, 0.15) is 75.7 Å². The monoisotopic (exact) mass is 534 g/mol. The lowest BCUT2D eigenvalue weighted by Gasteiger charge is -2.50. The molecule has 8 heteroatoms. The molecule has 2 amide bonds. The van der Waals surface area contributed by atoms with Crippen molar-refractivity contribution in [1.29, 1.82) is 0 Å². The molecule has 39 heavy (non-hydrogen) atoms. The standard InChI is InChI=1S/C31H42N4O4/c1-5-16-31(20-23(18-28(36)34-38)15-17-35(31)6-2)33-29(37)24-11-13-25(14-12-24)39-21-30(4)19-22(3)32-27-10-8-7-9-26(27)30/h7-14,19,23,32,38H,5-6,15-18,20-21H2,1-4H3,(H,33,37)(H,34,36)/t23-,30?,31-/m0/s1. The Hall–Kier alpha value is -3.36. The van der Waals surface area contributed by atoms with Crippen molar-refractivity contribution in [3.63, 3.8) is 0 Å². The Kier molecular flexibility index (Phi) is 8.97. The maximum Gasteiger partial charge on any atom is 0.252 e. The minimum absolute atomic E-state index is 0.0849. The van der Waals surface area contributed by atoms with E-state index in [0.717, 1.165) is 43.7 Å². The summed E-state index contributed by atoms with van der Waals surface area (Å²) in [4.78, 5) is 27.6. The van der Waals surface area contributed by atoms with Crippen LogP contribution >= 0.6 is 0 Å². The van der Waals surface area contributed by atoms with Gasteiger partial charge < -0.3 is 15.4 Å². The number of hydrogen-bond donors (Lipinski definition) is 4. The Morgan fingerprint density at radius 1 is 1.15 bits per heavy atom. The minimum Gasteiger partial charge on any atom is -0.492 e. The third-order valence-electron chi connectivity index (χ3n) is 8.09. The number of hydroxylamine groups is 1. The third kappa shape index (κ3) is 6.45. The zero-order valence-electron chi connectivity index (χ0n) is 23.5. The molecule has 0 spiro atoms. The molecule has 2 aliphatic rings. The summed E-state index contributed by atoms with van der Waals surface area (Å²) in [5, 5.41) is 15.8. The Morgan fingerprint density at radius 2 is 1.90 bits per heavy atom. The fraction of sp³-hybridized carbons (Fsp3) is 0.484. The summed E-state index contributed by atoms with van der Waals surface area (Å²) in [6, 6.07) is 15.6. The van der Waals surface area contributed by atoms with Crippen molar-refractivity contribution in [2.45, 2.75) is 70.9 Å². The average Bonchev–Trinajstić information content (AvgIpc) is 2.92. The second-order valence-corrected chi connectivity index (χ2v) is 11.1. The number of nitrogens with zero attached hydrogens (tertiary/aromatic N) is 1. The van der Waals surface area contributed by atoms with Crippen LogP contribution in [0.2, 0.25) is 0 Å². The Labute approximate surface area is 231 Å². The van der Waals surface area contributed by atoms with E-state index in [4.69, 9.17) is 9.94 Å². The molecule has 4 N–H and O–H groups in total. The number of rotatable bonds is 10. The van der Waals surface area contributed by atoms with Crippen molar-refractivity contribution in [2.75, 3.05) is 25.0 Å². The fourth-order valence-electron chi connectivity index (χ4n) is 6.30. The molecule has 2 aliphatic heterocycles. The second kappa shape index (κ2) is 12.2. The molecule has 210 valence electrons. The first-order valence-corrected chi connectivity index (χ1v) is 14.0. The van der Waals surface area contributed by atoms with Gasteiger partial charge in [0.05, 0.1) is 5.66 Å². The van der Waals surface area contributed by atoms with Crippen LogP contribution in [-0.4, -0.2) is 47.3 Å². The van der Waals surface area contributed by atoms with Gasteiger partial charge in [-0.25, -0.2) is 5.48 Å². The Bertz CT molecular complexity index is 1200. The van der Waals surface area contributed by atoms with Crippen LogP contribution < -0.4 is 20.9 Å². The van der Waals surface area contributed by atoms with Crippen molar-refractivity contribution in [3.8, 4) is 5.75 Å². The van der Waals surface area contributed by atoms with Crippen molar-refractivity contribution in [3.05, 3.63) is 71.4 Å². The molecule has 0 saturated carbocycles. The van der Waals surface area contributed by atoms with Crippen molar-refractivity contribution < 1.29 is 19.5 Å². The molecule has 4 rings (SSSR count). The average molecular weight is 535 g/mol. The van der Waals surface area contributed by atoms with Gasteiger partial charge in [-0.05, 0) is 81.5 Å². The lowest BCUT2D eigenvalue weighted by molar-refractivity contribution is -0.131. The maximum absolute atomic E-state index is 13.5. The van der Waals surface area contributed by atoms with Gasteiger partial charge in [-0.2, -0.15) is 0 Å². The van der Waals surface area contributed by atoms with Gasteiger partial charge in [0.2, 0.25) is 5.91 Å². The molecule has 0 aromatic heterocycles. The zero-order chi connectivity index (χ0) is 28.0. The van der Waals surface area contributed by atoms with Crippen LogP contribution in [0, 0.1) is 5.92 Å². The van der Waals surface area contributed by atoms with Crippen LogP contribution in [0.25, 0.3) is 0 Å². The number of anilines is 1. The Morgan fingerprint density at radius 3 is 2.59 bits per heavy atom. The van der Waals surface area contributed by atoms with E-state index >= 15 is 0 Å². The maximum atomic E-state index is 13.5. The van der Waals surface area contributed by atoms with Crippen LogP contribution in [0.3, 0.4) is 0 Å². The SMILES string of the molecule is CCC[C@@]1(NC(=O)c2ccc(OCC3(C)C=C(C)Nc4ccccc43)cc2)C[C@H](CC(=O)NO)CCN1CC. The van der Waals surface area contributed by atoms with Gasteiger partial charge >= 0.3 is 0 Å². The van der Waals surface area contributed by atoms with Crippen molar-refractivity contribution >= 4 is 17.5 Å². The summed E-state index contributed by atoms with van der Waals surface area (Å²) in [5.41, 5.74) is 4.89. The molecule has 0 aliphatic carbocycles. The van der Waals surface area contributed by atoms with Crippen LogP contribution in [0.5, 0.6) is 5.75 Å². The van der Waals surface area contributed by atoms with E-state index in [9.17, 15) is 9.59 Å². The molecule has 1 fully saturated rings. The van der Waals surface area contributed by atoms with Gasteiger partial charge in [0.25, 0.3) is 5.91 Å². The Balaban J connectivity index is 1.45. The molecular weight excluding hydrogens is 492 g/mol. The molecule has 0 bridgehead atoms. The fourth-order valence-corrected chi connectivity index (χ4v) is 6.30. The number of ether oxygens (including phenoxy) is 1. The summed E-state index contributed by atoms with van der Waals surface area (Å²) in [5.74, 6) is 0.269. The summed E-state index contributed by atoms with van der Waals surface area (Å²) in [6.45, 7) is 10.5. The van der Waals surface area contributed by atoms with Gasteiger partial charge in [0.1, 0.15) is 12.4 Å². The molecule has 1 unspecified atom stereocenters. The van der Waals surface area contributed by atoms with Gasteiger partial charge in [0.15, 0.2) is 0 Å². The normalized spacial score (nSPS) is 24.6. The molecule has 0 radical (unpaired) electrons. The van der Waals surface area contributed by atoms with E-state index in [-0.39, 0.29) is 29.6 Å². The number of benzene rings is 2. The van der Waals surface area contributed by atoms with E-state index in [1.165, 1.54) is 5.56 Å². The summed E-state index contributed by atoms with van der Waals surface area (Å²) >= 11 is 0. The smallest absolute Gasteiger partial charge is 0.252 e. The van der Waals surface area contributed by atoms with Crippen LogP contribution in [0.15, 0.2) is 60.3 Å². The largest absolute Gasteiger partial charge is 0.492 e. The zero-order valence-corrected chi connectivity index (χ0v) is 23.5. The van der Waals surface area contributed by atoms with E-state index in [2.05, 4.69) is 61.4 Å². The molecule has 8 nitrogen and oxygen atoms in total. The van der Waals surface area contributed by atoms with Gasteiger partial charge in [-0.1, -0.05) is 44.5 Å². The number of fused-ring (bicyclic) bond motifs is 1. The highest BCUT2D eigenvalue weighted by molar-refractivity contribution is 5.94. The number of carbonyl (C=O) groups excluding carboxylic acids is 2. The highest BCUT2D eigenvalue weighted by Gasteiger charge is 2.42. The molecule has 3 atom stereocenters. The molecule has 2 aromatic carbocycles. The first kappa shape index (κ1) is 28.6. The van der Waals surface area contributed by atoms with Crippen LogP contribution in [0.4, 0.5) is 5.69 Å². The number of hydrogen-bond acceptors (Lipinski definition) is 6. The topological polar surface area (TPSA) is 103 Å². The molecule has 2 aromatic rings. The predicted octanol–water partition coefficient (Wildman–Crippen LogP) is 5.21. The number of allylic oxidation sites excluding steroid dienone is 1. The van der Waals surface area contributed by atoms with Gasteiger partial charge in [-0.15, -0.1) is 0 Å². The third-order valence-corrected chi connectivity index (χ3v) is 8.09. The number of amides is 2. The highest BCUT2D eigenvalue weighted by atomic mass is 16.5. The summed E-state index contributed by atoms with van der Waals surface area (Å²) in [6.07, 6.45) is 5.64. The first-order valence-electron chi connectivity index (χ1n) is 14.0. The summed E-state index contributed by atoms with van der Waals surface area (Å²) < 4.78 is 6.22. The first-order chi connectivity index (χ1) is 18.7. The van der Waals surface area contributed by atoms with Gasteiger partial charge in [-0.3, -0.25) is 19.7 Å². The molecule has 2 heterocycles. The lowest BCUT2D eigenvalue weighted by atomic mass is 9.79. The molecule has 1 saturated heterocycles. The quantitative estimate of drug-likeness (QED) is 0.247. The van der Waals surface area contributed by atoms with Crippen LogP contribution in [-0.2, 0) is 10.2 Å². The van der Waals surface area contributed by atoms with Crippen molar-refractivity contribution in [2.24, 2.45) is 5.92 Å². The number of para-hydroxylation sites is 1. The van der Waals surface area contributed by atoms with E-state index < -0.39 is 5.66 Å². The lowest BCUT2D eigenvalue weighted by Crippen LogP contribution is -2.64. The predicted molar refractivity (Wildman–Crippen MR) is 153 cm³/mol. The minimum atomic E-state index is -0.532. The van der Waals surface area contributed by atoms with E-state index in [1.807, 2.05) is 24.3 Å². The highest BCUT2D eigenvalue weighted by Crippen LogP contribution is 2.38. The number of nitrogens with one attached hydrogen (secondary N) is 3. The van der Waals surface area contributed by atoms with E-state index in [1.54, 1.807) is 17.6 Å². The number of carbonyl (C=O) groups is 2. The number of piperidine rings is 1. The van der Waals surface area contributed by atoms with E-state index in [0.29, 0.717) is 24.3 Å².